The molecule has 0 saturated carbocycles. The van der Waals surface area contributed by atoms with E-state index in [-0.39, 0.29) is 4.90 Å². The zero-order valence-electron chi connectivity index (χ0n) is 17.3. The molecule has 3 aromatic carbocycles. The molecular formula is C23H23FN2O4S. The van der Waals surface area contributed by atoms with Crippen LogP contribution in [0.15, 0.2) is 71.6 Å². The Morgan fingerprint density at radius 3 is 2.26 bits per heavy atom. The van der Waals surface area contributed by atoms with Gasteiger partial charge in [0.1, 0.15) is 11.6 Å². The number of amides is 1. The van der Waals surface area contributed by atoms with E-state index in [1.54, 1.807) is 13.0 Å². The van der Waals surface area contributed by atoms with Crippen LogP contribution in [0, 0.1) is 19.7 Å². The SMILES string of the molecule is Cc1ccc(C)c(NS(=O)(=O)c2ccc(NC(=O)[C@H](C)Oc3ccc(F)cc3)cc2)c1. The van der Waals surface area contributed by atoms with Crippen LogP contribution in [-0.2, 0) is 14.8 Å². The first-order valence-electron chi connectivity index (χ1n) is 9.57. The Hall–Kier alpha value is -3.39. The van der Waals surface area contributed by atoms with Crippen molar-refractivity contribution in [2.75, 3.05) is 10.0 Å². The second kappa shape index (κ2) is 9.18. The number of rotatable bonds is 7. The third kappa shape index (κ3) is 5.82. The highest BCUT2D eigenvalue weighted by Crippen LogP contribution is 2.22. The molecule has 0 fully saturated rings. The number of hydrogen-bond acceptors (Lipinski definition) is 4. The smallest absolute Gasteiger partial charge is 0.265 e. The maximum atomic E-state index is 13.0. The summed E-state index contributed by atoms with van der Waals surface area (Å²) >= 11 is 0. The normalized spacial score (nSPS) is 12.1. The average molecular weight is 443 g/mol. The number of ether oxygens (including phenoxy) is 1. The van der Waals surface area contributed by atoms with Crippen molar-refractivity contribution in [2.24, 2.45) is 0 Å². The van der Waals surface area contributed by atoms with Gasteiger partial charge in [0, 0.05) is 5.69 Å². The highest BCUT2D eigenvalue weighted by molar-refractivity contribution is 7.92. The number of carbonyl (C=O) groups excluding carboxylic acids is 1. The summed E-state index contributed by atoms with van der Waals surface area (Å²) in [6, 6.07) is 16.7. The van der Waals surface area contributed by atoms with Gasteiger partial charge in [-0.3, -0.25) is 9.52 Å². The van der Waals surface area contributed by atoms with Crippen LogP contribution >= 0.6 is 0 Å². The fourth-order valence-corrected chi connectivity index (χ4v) is 3.90. The van der Waals surface area contributed by atoms with Crippen LogP contribution in [0.4, 0.5) is 15.8 Å². The molecule has 3 aromatic rings. The van der Waals surface area contributed by atoms with E-state index < -0.39 is 27.9 Å². The van der Waals surface area contributed by atoms with Gasteiger partial charge >= 0.3 is 0 Å². The third-order valence-corrected chi connectivity index (χ3v) is 5.95. The Morgan fingerprint density at radius 2 is 1.61 bits per heavy atom. The first kappa shape index (κ1) is 22.3. The quantitative estimate of drug-likeness (QED) is 0.558. The van der Waals surface area contributed by atoms with Gasteiger partial charge in [0.05, 0.1) is 10.6 Å². The number of hydrogen-bond donors (Lipinski definition) is 2. The van der Waals surface area contributed by atoms with Gasteiger partial charge in [-0.1, -0.05) is 12.1 Å². The highest BCUT2D eigenvalue weighted by atomic mass is 32.2. The van der Waals surface area contributed by atoms with Gasteiger partial charge in [0.2, 0.25) is 0 Å². The summed E-state index contributed by atoms with van der Waals surface area (Å²) in [6.07, 6.45) is -0.833. The summed E-state index contributed by atoms with van der Waals surface area (Å²) in [5, 5.41) is 2.67. The lowest BCUT2D eigenvalue weighted by Gasteiger charge is -2.15. The molecule has 0 saturated heterocycles. The summed E-state index contributed by atoms with van der Waals surface area (Å²) in [4.78, 5) is 12.4. The topological polar surface area (TPSA) is 84.5 Å². The first-order valence-corrected chi connectivity index (χ1v) is 11.1. The fraction of sp³-hybridized carbons (Fsp3) is 0.174. The average Bonchev–Trinajstić information content (AvgIpc) is 2.72. The molecule has 1 atom stereocenters. The van der Waals surface area contributed by atoms with E-state index >= 15 is 0 Å². The molecule has 0 bridgehead atoms. The monoisotopic (exact) mass is 442 g/mol. The summed E-state index contributed by atoms with van der Waals surface area (Å²) in [5.74, 6) is -0.456. The zero-order chi connectivity index (χ0) is 22.6. The van der Waals surface area contributed by atoms with E-state index in [9.17, 15) is 17.6 Å². The van der Waals surface area contributed by atoms with Crippen LogP contribution in [0.25, 0.3) is 0 Å². The van der Waals surface area contributed by atoms with E-state index in [1.807, 2.05) is 26.0 Å². The van der Waals surface area contributed by atoms with E-state index in [4.69, 9.17) is 4.74 Å². The van der Waals surface area contributed by atoms with Crippen molar-refractivity contribution in [1.29, 1.82) is 0 Å². The van der Waals surface area contributed by atoms with Crippen LogP contribution in [0.1, 0.15) is 18.1 Å². The maximum Gasteiger partial charge on any atom is 0.265 e. The predicted molar refractivity (Wildman–Crippen MR) is 118 cm³/mol. The van der Waals surface area contributed by atoms with Gasteiger partial charge in [-0.15, -0.1) is 0 Å². The number of nitrogens with one attached hydrogen (secondary N) is 2. The highest BCUT2D eigenvalue weighted by Gasteiger charge is 2.18. The number of anilines is 2. The molecular weight excluding hydrogens is 419 g/mol. The second-order valence-corrected chi connectivity index (χ2v) is 8.83. The predicted octanol–water partition coefficient (Wildman–Crippen LogP) is 4.65. The van der Waals surface area contributed by atoms with Gasteiger partial charge in [-0.05, 0) is 86.5 Å². The van der Waals surface area contributed by atoms with Crippen LogP contribution in [0.3, 0.4) is 0 Å². The van der Waals surface area contributed by atoms with Crippen molar-refractivity contribution in [3.05, 3.63) is 83.7 Å². The van der Waals surface area contributed by atoms with Crippen molar-refractivity contribution in [3.8, 4) is 5.75 Å². The third-order valence-electron chi connectivity index (χ3n) is 4.57. The minimum atomic E-state index is -3.78. The van der Waals surface area contributed by atoms with Gasteiger partial charge in [0.15, 0.2) is 6.10 Å². The number of aryl methyl sites for hydroxylation is 2. The molecule has 0 aliphatic carbocycles. The lowest BCUT2D eigenvalue weighted by molar-refractivity contribution is -0.122. The Kier molecular flexibility index (Phi) is 6.60. The Balaban J connectivity index is 1.65. The molecule has 3 rings (SSSR count). The molecule has 0 aromatic heterocycles. The van der Waals surface area contributed by atoms with Crippen molar-refractivity contribution < 1.29 is 22.3 Å². The van der Waals surface area contributed by atoms with E-state index in [0.29, 0.717) is 17.1 Å². The molecule has 0 aliphatic rings. The molecule has 6 nitrogen and oxygen atoms in total. The first-order chi connectivity index (χ1) is 14.6. The molecule has 162 valence electrons. The summed E-state index contributed by atoms with van der Waals surface area (Å²) in [7, 11) is -3.78. The number of benzene rings is 3. The zero-order valence-corrected chi connectivity index (χ0v) is 18.2. The minimum Gasteiger partial charge on any atom is -0.481 e. The van der Waals surface area contributed by atoms with Crippen molar-refractivity contribution >= 4 is 27.3 Å². The summed E-state index contributed by atoms with van der Waals surface area (Å²) < 4.78 is 46.4. The molecule has 0 unspecified atom stereocenters. The van der Waals surface area contributed by atoms with Gasteiger partial charge < -0.3 is 10.1 Å². The summed E-state index contributed by atoms with van der Waals surface area (Å²) in [5.41, 5.74) is 2.70. The van der Waals surface area contributed by atoms with E-state index in [0.717, 1.165) is 11.1 Å². The van der Waals surface area contributed by atoms with Crippen molar-refractivity contribution in [1.82, 2.24) is 0 Å². The van der Waals surface area contributed by atoms with Gasteiger partial charge in [-0.25, -0.2) is 12.8 Å². The Labute approximate surface area is 181 Å². The van der Waals surface area contributed by atoms with Crippen LogP contribution in [-0.4, -0.2) is 20.4 Å². The van der Waals surface area contributed by atoms with E-state index in [1.165, 1.54) is 48.5 Å². The van der Waals surface area contributed by atoms with Crippen LogP contribution < -0.4 is 14.8 Å². The van der Waals surface area contributed by atoms with Crippen LogP contribution in [0.2, 0.25) is 0 Å². The Morgan fingerprint density at radius 1 is 0.968 bits per heavy atom. The molecule has 0 aliphatic heterocycles. The molecule has 1 amide bonds. The second-order valence-electron chi connectivity index (χ2n) is 7.15. The largest absolute Gasteiger partial charge is 0.481 e. The standard InChI is InChI=1S/C23H23FN2O4S/c1-15-4-5-16(2)22(14-15)26-31(28,29)21-12-8-19(9-13-21)25-23(27)17(3)30-20-10-6-18(24)7-11-20/h4-14,17,26H,1-3H3,(H,25,27)/t17-/m0/s1. The van der Waals surface area contributed by atoms with E-state index in [2.05, 4.69) is 10.0 Å². The number of halogens is 1. The number of sulfonamides is 1. The molecule has 0 heterocycles. The molecule has 0 radical (unpaired) electrons. The molecule has 8 heteroatoms. The Bertz CT molecular complexity index is 1180. The summed E-state index contributed by atoms with van der Waals surface area (Å²) in [6.45, 7) is 5.27. The maximum absolute atomic E-state index is 13.0. The van der Waals surface area contributed by atoms with Crippen molar-refractivity contribution in [3.63, 3.8) is 0 Å². The molecule has 0 spiro atoms. The lowest BCUT2D eigenvalue weighted by atomic mass is 10.1. The molecule has 2 N–H and O–H groups in total. The lowest BCUT2D eigenvalue weighted by Crippen LogP contribution is -2.30. The number of carbonyl (C=O) groups is 1. The van der Waals surface area contributed by atoms with Crippen molar-refractivity contribution in [2.45, 2.75) is 31.8 Å². The molecule has 31 heavy (non-hydrogen) atoms. The van der Waals surface area contributed by atoms with Gasteiger partial charge in [0.25, 0.3) is 15.9 Å². The fourth-order valence-electron chi connectivity index (χ4n) is 2.78. The van der Waals surface area contributed by atoms with Crippen LogP contribution in [0.5, 0.6) is 5.75 Å². The van der Waals surface area contributed by atoms with Gasteiger partial charge in [-0.2, -0.15) is 0 Å². The minimum absolute atomic E-state index is 0.0713.